The summed E-state index contributed by atoms with van der Waals surface area (Å²) in [5.74, 6) is 0.917. The number of hydrogen-bond acceptors (Lipinski definition) is 5. The van der Waals surface area contributed by atoms with Gasteiger partial charge in [-0.1, -0.05) is 6.42 Å². The molecule has 1 saturated heterocycles. The SMILES string of the molecule is COC(=O)CSCCNC(=O)C1CCCCN1. The largest absolute Gasteiger partial charge is 0.468 e. The molecule has 1 heterocycles. The first-order valence-corrected chi connectivity index (χ1v) is 7.05. The van der Waals surface area contributed by atoms with Crippen molar-refractivity contribution < 1.29 is 14.3 Å². The van der Waals surface area contributed by atoms with Crippen molar-refractivity contribution in [2.75, 3.05) is 31.7 Å². The van der Waals surface area contributed by atoms with E-state index in [1.807, 2.05) is 0 Å². The molecule has 1 amide bonds. The Labute approximate surface area is 106 Å². The first kappa shape index (κ1) is 14.3. The van der Waals surface area contributed by atoms with Crippen molar-refractivity contribution >= 4 is 23.6 Å². The van der Waals surface area contributed by atoms with Gasteiger partial charge in [-0.25, -0.2) is 0 Å². The van der Waals surface area contributed by atoms with Crippen LogP contribution in [-0.2, 0) is 14.3 Å². The van der Waals surface area contributed by atoms with Gasteiger partial charge in [0.05, 0.1) is 18.9 Å². The number of hydrogen-bond donors (Lipinski definition) is 2. The molecule has 0 saturated carbocycles. The second-order valence-electron chi connectivity index (χ2n) is 3.92. The molecule has 1 rings (SSSR count). The van der Waals surface area contributed by atoms with Gasteiger partial charge >= 0.3 is 5.97 Å². The second-order valence-corrected chi connectivity index (χ2v) is 5.03. The molecule has 0 spiro atoms. The highest BCUT2D eigenvalue weighted by atomic mass is 32.2. The monoisotopic (exact) mass is 260 g/mol. The number of piperidine rings is 1. The van der Waals surface area contributed by atoms with Crippen molar-refractivity contribution in [1.29, 1.82) is 0 Å². The van der Waals surface area contributed by atoms with E-state index >= 15 is 0 Å². The number of nitrogens with one attached hydrogen (secondary N) is 2. The van der Waals surface area contributed by atoms with Gasteiger partial charge in [0.1, 0.15) is 0 Å². The number of rotatable bonds is 6. The molecule has 6 heteroatoms. The molecule has 1 aliphatic heterocycles. The molecule has 0 radical (unpaired) electrons. The van der Waals surface area contributed by atoms with E-state index < -0.39 is 0 Å². The average Bonchev–Trinajstić information content (AvgIpc) is 2.38. The summed E-state index contributed by atoms with van der Waals surface area (Å²) >= 11 is 1.46. The summed E-state index contributed by atoms with van der Waals surface area (Å²) in [4.78, 5) is 22.5. The smallest absolute Gasteiger partial charge is 0.315 e. The van der Waals surface area contributed by atoms with Crippen molar-refractivity contribution in [2.24, 2.45) is 0 Å². The Kier molecular flexibility index (Phi) is 7.04. The summed E-state index contributed by atoms with van der Waals surface area (Å²) in [6.07, 6.45) is 3.18. The lowest BCUT2D eigenvalue weighted by Gasteiger charge is -2.22. The number of carbonyl (C=O) groups is 2. The van der Waals surface area contributed by atoms with Gasteiger partial charge < -0.3 is 15.4 Å². The van der Waals surface area contributed by atoms with Crippen LogP contribution >= 0.6 is 11.8 Å². The topological polar surface area (TPSA) is 67.4 Å². The summed E-state index contributed by atoms with van der Waals surface area (Å²) in [6, 6.07) is -0.0330. The molecule has 17 heavy (non-hydrogen) atoms. The summed E-state index contributed by atoms with van der Waals surface area (Å²) in [5, 5.41) is 6.06. The van der Waals surface area contributed by atoms with Crippen LogP contribution in [-0.4, -0.2) is 49.6 Å². The number of ether oxygens (including phenoxy) is 1. The van der Waals surface area contributed by atoms with Gasteiger partial charge in [0.15, 0.2) is 0 Å². The van der Waals surface area contributed by atoms with Gasteiger partial charge in [0, 0.05) is 12.3 Å². The Hall–Kier alpha value is -0.750. The Morgan fingerprint density at radius 3 is 2.94 bits per heavy atom. The van der Waals surface area contributed by atoms with Crippen LogP contribution in [0.15, 0.2) is 0 Å². The Bertz CT molecular complexity index is 255. The van der Waals surface area contributed by atoms with Crippen LogP contribution in [0.2, 0.25) is 0 Å². The predicted molar refractivity (Wildman–Crippen MR) is 68.0 cm³/mol. The van der Waals surface area contributed by atoms with Gasteiger partial charge in [-0.2, -0.15) is 0 Å². The van der Waals surface area contributed by atoms with E-state index in [9.17, 15) is 9.59 Å². The van der Waals surface area contributed by atoms with Crippen molar-refractivity contribution in [2.45, 2.75) is 25.3 Å². The highest BCUT2D eigenvalue weighted by Crippen LogP contribution is 2.06. The summed E-state index contributed by atoms with van der Waals surface area (Å²) < 4.78 is 4.52. The zero-order valence-electron chi connectivity index (χ0n) is 10.2. The van der Waals surface area contributed by atoms with Gasteiger partial charge in [0.25, 0.3) is 0 Å². The molecule has 1 atom stereocenters. The normalized spacial score (nSPS) is 19.7. The summed E-state index contributed by atoms with van der Waals surface area (Å²) in [6.45, 7) is 1.52. The minimum atomic E-state index is -0.227. The molecular formula is C11H20N2O3S. The van der Waals surface area contributed by atoms with E-state index in [2.05, 4.69) is 15.4 Å². The lowest BCUT2D eigenvalue weighted by atomic mass is 10.0. The number of methoxy groups -OCH3 is 1. The third-order valence-corrected chi connectivity index (χ3v) is 3.55. The van der Waals surface area contributed by atoms with E-state index in [4.69, 9.17) is 0 Å². The quantitative estimate of drug-likeness (QED) is 0.526. The highest BCUT2D eigenvalue weighted by Gasteiger charge is 2.19. The van der Waals surface area contributed by atoms with Crippen LogP contribution in [0.25, 0.3) is 0 Å². The zero-order valence-corrected chi connectivity index (χ0v) is 11.0. The third kappa shape index (κ3) is 5.93. The number of carbonyl (C=O) groups excluding carboxylic acids is 2. The van der Waals surface area contributed by atoms with Crippen molar-refractivity contribution in [1.82, 2.24) is 10.6 Å². The van der Waals surface area contributed by atoms with Crippen molar-refractivity contribution in [3.63, 3.8) is 0 Å². The Morgan fingerprint density at radius 2 is 2.29 bits per heavy atom. The van der Waals surface area contributed by atoms with E-state index in [1.165, 1.54) is 18.9 Å². The molecule has 0 aromatic heterocycles. The molecule has 98 valence electrons. The minimum absolute atomic E-state index is 0.0330. The van der Waals surface area contributed by atoms with Gasteiger partial charge in [-0.15, -0.1) is 11.8 Å². The zero-order chi connectivity index (χ0) is 12.5. The van der Waals surface area contributed by atoms with Crippen LogP contribution in [0.1, 0.15) is 19.3 Å². The fourth-order valence-electron chi connectivity index (χ4n) is 1.66. The molecule has 0 aromatic carbocycles. The Morgan fingerprint density at radius 1 is 1.47 bits per heavy atom. The average molecular weight is 260 g/mol. The molecule has 0 aromatic rings. The van der Waals surface area contributed by atoms with E-state index in [-0.39, 0.29) is 17.9 Å². The molecule has 1 fully saturated rings. The van der Waals surface area contributed by atoms with Crippen LogP contribution in [0.5, 0.6) is 0 Å². The number of amides is 1. The maximum Gasteiger partial charge on any atom is 0.315 e. The maximum atomic E-state index is 11.7. The minimum Gasteiger partial charge on any atom is -0.468 e. The van der Waals surface area contributed by atoms with E-state index in [0.29, 0.717) is 12.3 Å². The lowest BCUT2D eigenvalue weighted by molar-refractivity contribution is -0.137. The first-order chi connectivity index (χ1) is 8.24. The van der Waals surface area contributed by atoms with Gasteiger partial charge in [-0.05, 0) is 19.4 Å². The van der Waals surface area contributed by atoms with Crippen molar-refractivity contribution in [3.05, 3.63) is 0 Å². The van der Waals surface area contributed by atoms with E-state index in [0.717, 1.165) is 31.6 Å². The molecule has 2 N–H and O–H groups in total. The molecule has 0 aliphatic carbocycles. The van der Waals surface area contributed by atoms with Crippen LogP contribution < -0.4 is 10.6 Å². The van der Waals surface area contributed by atoms with Gasteiger partial charge in [-0.3, -0.25) is 9.59 Å². The second kappa shape index (κ2) is 8.36. The van der Waals surface area contributed by atoms with Crippen LogP contribution in [0.3, 0.4) is 0 Å². The Balaban J connectivity index is 2.01. The highest BCUT2D eigenvalue weighted by molar-refractivity contribution is 7.99. The summed E-state index contributed by atoms with van der Waals surface area (Å²) in [7, 11) is 1.37. The van der Waals surface area contributed by atoms with Crippen molar-refractivity contribution in [3.8, 4) is 0 Å². The molecule has 1 aliphatic rings. The van der Waals surface area contributed by atoms with E-state index in [1.54, 1.807) is 0 Å². The first-order valence-electron chi connectivity index (χ1n) is 5.89. The molecule has 5 nitrogen and oxygen atoms in total. The number of esters is 1. The predicted octanol–water partition coefficient (Wildman–Crippen LogP) is 0.151. The fraction of sp³-hybridized carbons (Fsp3) is 0.818. The summed E-state index contributed by atoms with van der Waals surface area (Å²) in [5.41, 5.74) is 0. The van der Waals surface area contributed by atoms with Crippen LogP contribution in [0, 0.1) is 0 Å². The maximum absolute atomic E-state index is 11.7. The number of thioether (sulfide) groups is 1. The van der Waals surface area contributed by atoms with Gasteiger partial charge in [0.2, 0.25) is 5.91 Å². The molecule has 1 unspecified atom stereocenters. The fourth-order valence-corrected chi connectivity index (χ4v) is 2.33. The standard InChI is InChI=1S/C11H20N2O3S/c1-16-10(14)8-17-7-6-13-11(15)9-4-2-3-5-12-9/h9,12H,2-8H2,1H3,(H,13,15). The molecule has 0 bridgehead atoms. The lowest BCUT2D eigenvalue weighted by Crippen LogP contribution is -2.47. The van der Waals surface area contributed by atoms with Crippen LogP contribution in [0.4, 0.5) is 0 Å². The third-order valence-electron chi connectivity index (χ3n) is 2.62. The molecular weight excluding hydrogens is 240 g/mol.